The highest BCUT2D eigenvalue weighted by atomic mass is 16.3. The summed E-state index contributed by atoms with van der Waals surface area (Å²) >= 11 is 0. The summed E-state index contributed by atoms with van der Waals surface area (Å²) in [6.07, 6.45) is 3.90. The third-order valence-corrected chi connectivity index (χ3v) is 3.80. The van der Waals surface area contributed by atoms with E-state index in [9.17, 15) is 9.90 Å². The molecule has 0 bridgehead atoms. The van der Waals surface area contributed by atoms with Crippen LogP contribution in [-0.2, 0) is 11.4 Å². The molecule has 3 rings (SSSR count). The van der Waals surface area contributed by atoms with Crippen LogP contribution in [0.25, 0.3) is 0 Å². The summed E-state index contributed by atoms with van der Waals surface area (Å²) in [4.78, 5) is 12.0. The number of hydrogen-bond donors (Lipinski definition) is 2. The van der Waals surface area contributed by atoms with E-state index in [1.54, 1.807) is 5.01 Å². The van der Waals surface area contributed by atoms with Gasteiger partial charge in [0.25, 0.3) is 0 Å². The van der Waals surface area contributed by atoms with Crippen LogP contribution in [0.1, 0.15) is 31.2 Å². The number of rotatable bonds is 2. The average molecular weight is 232 g/mol. The van der Waals surface area contributed by atoms with E-state index in [1.165, 1.54) is 6.42 Å². The van der Waals surface area contributed by atoms with Crippen LogP contribution >= 0.6 is 0 Å². The summed E-state index contributed by atoms with van der Waals surface area (Å²) in [5.41, 5.74) is 4.88. The van der Waals surface area contributed by atoms with Crippen molar-refractivity contribution in [3.05, 3.63) is 29.8 Å². The SMILES string of the molecule is O=C1CC2(CCC2)NN1c1ccccc1CO. The number of carbonyl (C=O) groups is 1. The van der Waals surface area contributed by atoms with Gasteiger partial charge in [-0.25, -0.2) is 10.4 Å². The van der Waals surface area contributed by atoms with Crippen molar-refractivity contribution >= 4 is 11.6 Å². The van der Waals surface area contributed by atoms with Gasteiger partial charge in [0.05, 0.1) is 12.3 Å². The molecule has 1 aliphatic carbocycles. The molecule has 1 spiro atoms. The lowest BCUT2D eigenvalue weighted by atomic mass is 9.76. The monoisotopic (exact) mass is 232 g/mol. The molecule has 2 N–H and O–H groups in total. The Morgan fingerprint density at radius 3 is 2.71 bits per heavy atom. The predicted octanol–water partition coefficient (Wildman–Crippen LogP) is 1.34. The van der Waals surface area contributed by atoms with Crippen molar-refractivity contribution in [2.24, 2.45) is 0 Å². The molecular formula is C13H16N2O2. The van der Waals surface area contributed by atoms with E-state index in [0.717, 1.165) is 24.1 Å². The molecule has 0 unspecified atom stereocenters. The molecule has 1 saturated carbocycles. The van der Waals surface area contributed by atoms with Gasteiger partial charge in [-0.15, -0.1) is 0 Å². The molecule has 17 heavy (non-hydrogen) atoms. The second-order valence-corrected chi connectivity index (χ2v) is 4.94. The Morgan fingerprint density at radius 2 is 2.12 bits per heavy atom. The van der Waals surface area contributed by atoms with Crippen LogP contribution in [-0.4, -0.2) is 16.6 Å². The third kappa shape index (κ3) is 1.64. The predicted molar refractivity (Wildman–Crippen MR) is 64.2 cm³/mol. The maximum atomic E-state index is 12.0. The fraction of sp³-hybridized carbons (Fsp3) is 0.462. The molecule has 1 amide bonds. The number of carbonyl (C=O) groups excluding carboxylic acids is 1. The van der Waals surface area contributed by atoms with Gasteiger partial charge < -0.3 is 5.11 Å². The van der Waals surface area contributed by atoms with Crippen molar-refractivity contribution in [1.29, 1.82) is 0 Å². The number of aliphatic hydroxyl groups is 1. The number of para-hydroxylation sites is 1. The topological polar surface area (TPSA) is 52.6 Å². The zero-order valence-corrected chi connectivity index (χ0v) is 9.65. The van der Waals surface area contributed by atoms with Gasteiger partial charge >= 0.3 is 0 Å². The molecule has 1 aromatic rings. The Balaban J connectivity index is 1.91. The first-order valence-corrected chi connectivity index (χ1v) is 6.04. The highest BCUT2D eigenvalue weighted by Crippen LogP contribution is 2.40. The number of benzene rings is 1. The number of hydrogen-bond acceptors (Lipinski definition) is 3. The van der Waals surface area contributed by atoms with Crippen molar-refractivity contribution < 1.29 is 9.90 Å². The minimum absolute atomic E-state index is 0.000347. The number of hydrazine groups is 1. The fourth-order valence-corrected chi connectivity index (χ4v) is 2.66. The highest BCUT2D eigenvalue weighted by molar-refractivity contribution is 5.96. The first-order chi connectivity index (χ1) is 8.24. The molecular weight excluding hydrogens is 216 g/mol. The van der Waals surface area contributed by atoms with Gasteiger partial charge in [0.2, 0.25) is 5.91 Å². The zero-order chi connectivity index (χ0) is 11.9. The van der Waals surface area contributed by atoms with Crippen LogP contribution < -0.4 is 10.4 Å². The van der Waals surface area contributed by atoms with Crippen molar-refractivity contribution in [3.63, 3.8) is 0 Å². The molecule has 2 fully saturated rings. The molecule has 1 aromatic carbocycles. The number of nitrogens with zero attached hydrogens (tertiary/aromatic N) is 1. The van der Waals surface area contributed by atoms with Crippen molar-refractivity contribution in [2.75, 3.05) is 5.01 Å². The fourth-order valence-electron chi connectivity index (χ4n) is 2.66. The second-order valence-electron chi connectivity index (χ2n) is 4.94. The van der Waals surface area contributed by atoms with Crippen LogP contribution in [0.4, 0.5) is 5.69 Å². The first-order valence-electron chi connectivity index (χ1n) is 6.04. The highest BCUT2D eigenvalue weighted by Gasteiger charge is 2.47. The average Bonchev–Trinajstić information content (AvgIpc) is 2.67. The van der Waals surface area contributed by atoms with E-state index < -0.39 is 0 Å². The van der Waals surface area contributed by atoms with Crippen LogP contribution in [0.5, 0.6) is 0 Å². The van der Waals surface area contributed by atoms with Gasteiger partial charge in [-0.2, -0.15) is 0 Å². The summed E-state index contributed by atoms with van der Waals surface area (Å²) in [5, 5.41) is 10.9. The van der Waals surface area contributed by atoms with Crippen LogP contribution in [0.2, 0.25) is 0 Å². The van der Waals surface area contributed by atoms with Crippen LogP contribution in [0.3, 0.4) is 0 Å². The van der Waals surface area contributed by atoms with E-state index in [0.29, 0.717) is 6.42 Å². The summed E-state index contributed by atoms with van der Waals surface area (Å²) in [6, 6.07) is 7.47. The summed E-state index contributed by atoms with van der Waals surface area (Å²) in [5.74, 6) is 0.102. The van der Waals surface area contributed by atoms with Crippen molar-refractivity contribution in [3.8, 4) is 0 Å². The minimum Gasteiger partial charge on any atom is -0.392 e. The molecule has 4 heteroatoms. The summed E-state index contributed by atoms with van der Waals surface area (Å²) in [7, 11) is 0. The Kier molecular flexibility index (Phi) is 2.42. The lowest BCUT2D eigenvalue weighted by Gasteiger charge is -2.38. The van der Waals surface area contributed by atoms with Gasteiger partial charge in [0.15, 0.2) is 0 Å². The molecule has 1 heterocycles. The van der Waals surface area contributed by atoms with E-state index in [-0.39, 0.29) is 18.1 Å². The minimum atomic E-state index is -0.0470. The maximum absolute atomic E-state index is 12.0. The third-order valence-electron chi connectivity index (χ3n) is 3.80. The molecule has 2 aliphatic rings. The molecule has 90 valence electrons. The second kappa shape index (κ2) is 3.82. The quantitative estimate of drug-likeness (QED) is 0.809. The lowest BCUT2D eigenvalue weighted by molar-refractivity contribution is -0.117. The lowest BCUT2D eigenvalue weighted by Crippen LogP contribution is -2.51. The van der Waals surface area contributed by atoms with Crippen LogP contribution in [0, 0.1) is 0 Å². The number of aliphatic hydroxyl groups excluding tert-OH is 1. The van der Waals surface area contributed by atoms with Gasteiger partial charge in [-0.1, -0.05) is 18.2 Å². The largest absolute Gasteiger partial charge is 0.392 e. The standard InChI is InChI=1S/C13H16N2O2/c16-9-10-4-1-2-5-11(10)15-12(17)8-13(14-15)6-3-7-13/h1-2,4-5,14,16H,3,6-9H2. The normalized spacial score (nSPS) is 21.9. The van der Waals surface area contributed by atoms with E-state index >= 15 is 0 Å². The van der Waals surface area contributed by atoms with E-state index in [2.05, 4.69) is 5.43 Å². The van der Waals surface area contributed by atoms with Gasteiger partial charge in [-0.3, -0.25) is 4.79 Å². The Morgan fingerprint density at radius 1 is 1.35 bits per heavy atom. The van der Waals surface area contributed by atoms with Gasteiger partial charge in [0, 0.05) is 17.5 Å². The van der Waals surface area contributed by atoms with Gasteiger partial charge in [0.1, 0.15) is 0 Å². The van der Waals surface area contributed by atoms with Crippen molar-refractivity contribution in [1.82, 2.24) is 5.43 Å². The molecule has 0 atom stereocenters. The Labute approximate surface area is 100 Å². The summed E-state index contributed by atoms with van der Waals surface area (Å²) in [6.45, 7) is -0.0470. The molecule has 0 aromatic heterocycles. The molecule has 4 nitrogen and oxygen atoms in total. The Bertz CT molecular complexity index is 454. The Hall–Kier alpha value is -1.39. The smallest absolute Gasteiger partial charge is 0.243 e. The zero-order valence-electron chi connectivity index (χ0n) is 9.65. The molecule has 1 aliphatic heterocycles. The van der Waals surface area contributed by atoms with E-state index in [1.807, 2.05) is 24.3 Å². The number of anilines is 1. The first kappa shape index (κ1) is 10.7. The maximum Gasteiger partial charge on any atom is 0.243 e. The number of nitrogens with one attached hydrogen (secondary N) is 1. The molecule has 1 saturated heterocycles. The van der Waals surface area contributed by atoms with Gasteiger partial charge in [-0.05, 0) is 25.3 Å². The number of amides is 1. The van der Waals surface area contributed by atoms with E-state index in [4.69, 9.17) is 0 Å². The van der Waals surface area contributed by atoms with Crippen LogP contribution in [0.15, 0.2) is 24.3 Å². The molecule has 0 radical (unpaired) electrons. The summed E-state index contributed by atoms with van der Waals surface area (Å²) < 4.78 is 0. The van der Waals surface area contributed by atoms with Crippen molar-refractivity contribution in [2.45, 2.75) is 37.8 Å².